The Balaban J connectivity index is 1.27. The van der Waals surface area contributed by atoms with Crippen molar-refractivity contribution in [1.29, 1.82) is 0 Å². The van der Waals surface area contributed by atoms with Crippen LogP contribution in [0.1, 0.15) is 19.8 Å². The molecule has 1 aromatic heterocycles. The summed E-state index contributed by atoms with van der Waals surface area (Å²) >= 11 is 1.25. The summed E-state index contributed by atoms with van der Waals surface area (Å²) in [5.74, 6) is 0.109. The van der Waals surface area contributed by atoms with Gasteiger partial charge in [-0.05, 0) is 25.0 Å². The zero-order chi connectivity index (χ0) is 21.1. The van der Waals surface area contributed by atoms with Gasteiger partial charge >= 0.3 is 0 Å². The van der Waals surface area contributed by atoms with E-state index in [1.54, 1.807) is 12.1 Å². The van der Waals surface area contributed by atoms with Crippen LogP contribution >= 0.6 is 11.5 Å². The fourth-order valence-electron chi connectivity index (χ4n) is 4.00. The number of carbonyl (C=O) groups excluding carboxylic acids is 2. The van der Waals surface area contributed by atoms with Gasteiger partial charge in [-0.1, -0.05) is 12.1 Å². The van der Waals surface area contributed by atoms with Gasteiger partial charge in [-0.3, -0.25) is 14.9 Å². The van der Waals surface area contributed by atoms with Crippen molar-refractivity contribution >= 4 is 40.1 Å². The molecule has 0 radical (unpaired) electrons. The molecular weight excluding hydrogens is 407 g/mol. The Morgan fingerprint density at radius 1 is 1.07 bits per heavy atom. The first-order valence-corrected chi connectivity index (χ1v) is 10.9. The van der Waals surface area contributed by atoms with Gasteiger partial charge in [0, 0.05) is 63.6 Å². The third-order valence-electron chi connectivity index (χ3n) is 5.60. The van der Waals surface area contributed by atoms with Gasteiger partial charge in [-0.2, -0.15) is 9.36 Å². The minimum Gasteiger partial charge on any atom is -0.366 e. The number of anilines is 3. The predicted octanol–water partition coefficient (Wildman–Crippen LogP) is 2.20. The highest BCUT2D eigenvalue weighted by atomic mass is 32.1. The summed E-state index contributed by atoms with van der Waals surface area (Å²) in [6, 6.07) is 6.78. The van der Waals surface area contributed by atoms with Crippen LogP contribution in [0.25, 0.3) is 0 Å². The molecule has 0 unspecified atom stereocenters. The number of hydrogen-bond acceptors (Lipinski definition) is 7. The first-order valence-electron chi connectivity index (χ1n) is 10.2. The van der Waals surface area contributed by atoms with Crippen LogP contribution in [0.15, 0.2) is 24.3 Å². The minimum atomic E-state index is -0.219. The SMILES string of the molecule is CC(=O)Nc1nsc(N2CCC(C(=O)N3CCN(c4ccccc4F)CC3)CC2)n1. The molecule has 2 aliphatic heterocycles. The maximum atomic E-state index is 14.0. The Labute approximate surface area is 178 Å². The van der Waals surface area contributed by atoms with Gasteiger partial charge < -0.3 is 14.7 Å². The molecule has 2 fully saturated rings. The summed E-state index contributed by atoms with van der Waals surface area (Å²) in [4.78, 5) is 34.5. The van der Waals surface area contributed by atoms with E-state index in [-0.39, 0.29) is 23.5 Å². The van der Waals surface area contributed by atoms with E-state index in [2.05, 4.69) is 19.6 Å². The molecule has 0 aliphatic carbocycles. The van der Waals surface area contributed by atoms with Crippen molar-refractivity contribution in [3.05, 3.63) is 30.1 Å². The van der Waals surface area contributed by atoms with Crippen molar-refractivity contribution in [2.45, 2.75) is 19.8 Å². The molecule has 2 aromatic rings. The smallest absolute Gasteiger partial charge is 0.243 e. The lowest BCUT2D eigenvalue weighted by molar-refractivity contribution is -0.136. The largest absolute Gasteiger partial charge is 0.366 e. The van der Waals surface area contributed by atoms with Crippen molar-refractivity contribution in [2.75, 3.05) is 54.4 Å². The second kappa shape index (κ2) is 8.95. The molecule has 0 spiro atoms. The van der Waals surface area contributed by atoms with Crippen LogP contribution in [-0.2, 0) is 9.59 Å². The summed E-state index contributed by atoms with van der Waals surface area (Å²) in [6.45, 7) is 5.41. The summed E-state index contributed by atoms with van der Waals surface area (Å²) in [5, 5.41) is 3.35. The third-order valence-corrected chi connectivity index (χ3v) is 6.38. The van der Waals surface area contributed by atoms with Gasteiger partial charge in [0.05, 0.1) is 5.69 Å². The molecule has 8 nitrogen and oxygen atoms in total. The topological polar surface area (TPSA) is 81.7 Å². The van der Waals surface area contributed by atoms with Gasteiger partial charge in [-0.25, -0.2) is 4.39 Å². The number of hydrogen-bond donors (Lipinski definition) is 1. The zero-order valence-corrected chi connectivity index (χ0v) is 17.7. The highest BCUT2D eigenvalue weighted by Crippen LogP contribution is 2.28. The monoisotopic (exact) mass is 432 g/mol. The van der Waals surface area contributed by atoms with E-state index in [0.29, 0.717) is 37.8 Å². The average Bonchev–Trinajstić information content (AvgIpc) is 3.22. The fraction of sp³-hybridized carbons (Fsp3) is 0.500. The van der Waals surface area contributed by atoms with E-state index in [9.17, 15) is 14.0 Å². The highest BCUT2D eigenvalue weighted by molar-refractivity contribution is 7.09. The van der Waals surface area contributed by atoms with E-state index in [1.807, 2.05) is 15.9 Å². The number of rotatable bonds is 4. The normalized spacial score (nSPS) is 17.9. The molecule has 2 amide bonds. The van der Waals surface area contributed by atoms with Crippen LogP contribution in [0.2, 0.25) is 0 Å². The van der Waals surface area contributed by atoms with E-state index in [4.69, 9.17) is 0 Å². The lowest BCUT2D eigenvalue weighted by atomic mass is 9.95. The second-order valence-corrected chi connectivity index (χ2v) is 8.34. The number of halogens is 1. The van der Waals surface area contributed by atoms with Crippen LogP contribution in [-0.4, -0.2) is 65.3 Å². The average molecular weight is 433 g/mol. The summed E-state index contributed by atoms with van der Waals surface area (Å²) in [6.07, 6.45) is 1.53. The minimum absolute atomic E-state index is 0.00370. The number of para-hydroxylation sites is 1. The molecule has 0 saturated carbocycles. The molecule has 160 valence electrons. The van der Waals surface area contributed by atoms with Gasteiger partial charge in [0.1, 0.15) is 5.82 Å². The molecule has 3 heterocycles. The van der Waals surface area contributed by atoms with Crippen LogP contribution in [0, 0.1) is 11.7 Å². The molecule has 1 aromatic carbocycles. The molecule has 0 atom stereocenters. The van der Waals surface area contributed by atoms with E-state index in [0.717, 1.165) is 31.1 Å². The van der Waals surface area contributed by atoms with Crippen LogP contribution < -0.4 is 15.1 Å². The number of aromatic nitrogens is 2. The van der Waals surface area contributed by atoms with E-state index >= 15 is 0 Å². The van der Waals surface area contributed by atoms with Gasteiger partial charge in [0.25, 0.3) is 0 Å². The van der Waals surface area contributed by atoms with Gasteiger partial charge in [0.2, 0.25) is 22.9 Å². The first kappa shape index (κ1) is 20.5. The van der Waals surface area contributed by atoms with Crippen LogP contribution in [0.5, 0.6) is 0 Å². The number of piperidine rings is 1. The summed E-state index contributed by atoms with van der Waals surface area (Å²) in [7, 11) is 0. The van der Waals surface area contributed by atoms with Crippen molar-refractivity contribution in [1.82, 2.24) is 14.3 Å². The highest BCUT2D eigenvalue weighted by Gasteiger charge is 2.31. The van der Waals surface area contributed by atoms with Gasteiger partial charge in [-0.15, -0.1) is 0 Å². The zero-order valence-electron chi connectivity index (χ0n) is 16.9. The molecule has 2 aliphatic rings. The molecule has 2 saturated heterocycles. The molecular formula is C20H25FN6O2S. The van der Waals surface area contributed by atoms with Crippen molar-refractivity contribution < 1.29 is 14.0 Å². The maximum Gasteiger partial charge on any atom is 0.243 e. The number of benzene rings is 1. The van der Waals surface area contributed by atoms with Crippen LogP contribution in [0.3, 0.4) is 0 Å². The van der Waals surface area contributed by atoms with E-state index < -0.39 is 0 Å². The molecule has 4 rings (SSSR count). The lowest BCUT2D eigenvalue weighted by Crippen LogP contribution is -2.51. The number of carbonyl (C=O) groups is 2. The van der Waals surface area contributed by atoms with E-state index in [1.165, 1.54) is 24.5 Å². The first-order chi connectivity index (χ1) is 14.5. The number of piperazine rings is 1. The standard InChI is InChI=1S/C20H25FN6O2S/c1-14(28)22-19-23-20(30-24-19)27-8-6-15(7-9-27)18(29)26-12-10-25(11-13-26)17-5-3-2-4-16(17)21/h2-5,15H,6-13H2,1H3,(H,22,24,28). The van der Waals surface area contributed by atoms with Crippen molar-refractivity contribution in [3.8, 4) is 0 Å². The molecule has 10 heteroatoms. The van der Waals surface area contributed by atoms with Crippen LogP contribution in [0.4, 0.5) is 21.2 Å². The third kappa shape index (κ3) is 4.53. The number of nitrogens with zero attached hydrogens (tertiary/aromatic N) is 5. The van der Waals surface area contributed by atoms with Gasteiger partial charge in [0.15, 0.2) is 0 Å². The Bertz CT molecular complexity index is 906. The maximum absolute atomic E-state index is 14.0. The second-order valence-electron chi connectivity index (χ2n) is 7.61. The number of amides is 2. The lowest BCUT2D eigenvalue weighted by Gasteiger charge is -2.39. The number of nitrogens with one attached hydrogen (secondary N) is 1. The van der Waals surface area contributed by atoms with Crippen molar-refractivity contribution in [2.24, 2.45) is 5.92 Å². The quantitative estimate of drug-likeness (QED) is 0.798. The summed E-state index contributed by atoms with van der Waals surface area (Å²) < 4.78 is 18.2. The molecule has 1 N–H and O–H groups in total. The Morgan fingerprint density at radius 2 is 1.77 bits per heavy atom. The molecule has 30 heavy (non-hydrogen) atoms. The molecule has 0 bridgehead atoms. The Hall–Kier alpha value is -2.75. The summed E-state index contributed by atoms with van der Waals surface area (Å²) in [5.41, 5.74) is 0.605. The Morgan fingerprint density at radius 3 is 2.43 bits per heavy atom. The predicted molar refractivity (Wildman–Crippen MR) is 114 cm³/mol. The Kier molecular flexibility index (Phi) is 6.12. The fourth-order valence-corrected chi connectivity index (χ4v) is 4.68. The van der Waals surface area contributed by atoms with Crippen molar-refractivity contribution in [3.63, 3.8) is 0 Å².